The molecule has 0 aromatic heterocycles. The van der Waals surface area contributed by atoms with Crippen LogP contribution in [0.4, 0.5) is 5.69 Å². The number of thioether (sulfide) groups is 1. The molecule has 0 saturated carbocycles. The van der Waals surface area contributed by atoms with E-state index >= 15 is 0 Å². The number of nitrogens with two attached hydrogens (primary N) is 1. The molecule has 0 heterocycles. The van der Waals surface area contributed by atoms with Crippen LogP contribution in [0.25, 0.3) is 0 Å². The summed E-state index contributed by atoms with van der Waals surface area (Å²) in [5.41, 5.74) is 7.66. The first-order valence-electron chi connectivity index (χ1n) is 5.84. The molecule has 0 aliphatic rings. The minimum absolute atomic E-state index is 0.0275. The molecule has 17 heavy (non-hydrogen) atoms. The van der Waals surface area contributed by atoms with Gasteiger partial charge in [0.2, 0.25) is 5.91 Å². The van der Waals surface area contributed by atoms with Crippen molar-refractivity contribution in [3.05, 3.63) is 29.8 Å². The molecule has 94 valence electrons. The van der Waals surface area contributed by atoms with Gasteiger partial charge in [-0.25, -0.2) is 0 Å². The Morgan fingerprint density at radius 2 is 2.29 bits per heavy atom. The lowest BCUT2D eigenvalue weighted by Crippen LogP contribution is -2.23. The number of anilines is 1. The van der Waals surface area contributed by atoms with E-state index in [-0.39, 0.29) is 11.9 Å². The van der Waals surface area contributed by atoms with E-state index in [0.717, 1.165) is 17.2 Å². The molecule has 1 unspecified atom stereocenters. The number of amides is 1. The number of carbonyl (C=O) groups excluding carboxylic acids is 1. The zero-order valence-corrected chi connectivity index (χ0v) is 11.2. The lowest BCUT2D eigenvalue weighted by molar-refractivity contribution is -0.116. The molecule has 1 atom stereocenters. The zero-order valence-electron chi connectivity index (χ0n) is 10.4. The van der Waals surface area contributed by atoms with E-state index < -0.39 is 0 Å². The Morgan fingerprint density at radius 1 is 1.53 bits per heavy atom. The predicted octanol–water partition coefficient (Wildman–Crippen LogP) is 2.62. The van der Waals surface area contributed by atoms with Gasteiger partial charge in [-0.1, -0.05) is 19.1 Å². The van der Waals surface area contributed by atoms with Gasteiger partial charge < -0.3 is 11.1 Å². The topological polar surface area (TPSA) is 55.1 Å². The van der Waals surface area contributed by atoms with Crippen LogP contribution in [0.1, 0.15) is 25.8 Å². The Balaban J connectivity index is 2.56. The van der Waals surface area contributed by atoms with E-state index in [0.29, 0.717) is 6.42 Å². The third-order valence-corrected chi connectivity index (χ3v) is 3.14. The molecule has 1 aromatic carbocycles. The average Bonchev–Trinajstić information content (AvgIpc) is 2.25. The summed E-state index contributed by atoms with van der Waals surface area (Å²) in [6.07, 6.45) is 0.355. The minimum Gasteiger partial charge on any atom is -0.327 e. The van der Waals surface area contributed by atoms with Crippen molar-refractivity contribution in [2.24, 2.45) is 5.73 Å². The minimum atomic E-state index is -0.103. The maximum absolute atomic E-state index is 11.6. The van der Waals surface area contributed by atoms with Crippen LogP contribution in [0, 0.1) is 0 Å². The average molecular weight is 252 g/mol. The van der Waals surface area contributed by atoms with Gasteiger partial charge in [-0.2, -0.15) is 11.8 Å². The molecule has 1 aromatic rings. The second-order valence-corrected chi connectivity index (χ2v) is 5.34. The van der Waals surface area contributed by atoms with Crippen molar-refractivity contribution in [2.75, 3.05) is 11.1 Å². The van der Waals surface area contributed by atoms with Crippen molar-refractivity contribution >= 4 is 23.4 Å². The number of hydrogen-bond acceptors (Lipinski definition) is 3. The number of benzene rings is 1. The van der Waals surface area contributed by atoms with E-state index in [1.54, 1.807) is 0 Å². The molecule has 4 heteroatoms. The lowest BCUT2D eigenvalue weighted by Gasteiger charge is -2.08. The molecular formula is C13H20N2OS. The summed E-state index contributed by atoms with van der Waals surface area (Å²) < 4.78 is 0. The fourth-order valence-electron chi connectivity index (χ4n) is 1.46. The quantitative estimate of drug-likeness (QED) is 0.818. The summed E-state index contributed by atoms with van der Waals surface area (Å²) >= 11 is 1.87. The van der Waals surface area contributed by atoms with Crippen molar-refractivity contribution in [3.8, 4) is 0 Å². The fraction of sp³-hybridized carbons (Fsp3) is 0.462. The summed E-state index contributed by atoms with van der Waals surface area (Å²) in [5.74, 6) is 2.05. The third-order valence-electron chi connectivity index (χ3n) is 2.19. The van der Waals surface area contributed by atoms with Gasteiger partial charge in [-0.05, 0) is 30.4 Å². The summed E-state index contributed by atoms with van der Waals surface area (Å²) in [7, 11) is 0. The second kappa shape index (κ2) is 7.35. The monoisotopic (exact) mass is 252 g/mol. The normalized spacial score (nSPS) is 12.2. The molecule has 1 amide bonds. The van der Waals surface area contributed by atoms with Crippen LogP contribution < -0.4 is 11.1 Å². The molecular weight excluding hydrogens is 232 g/mol. The first kappa shape index (κ1) is 14.1. The largest absolute Gasteiger partial charge is 0.327 e. The summed E-state index contributed by atoms with van der Waals surface area (Å²) in [6.45, 7) is 3.97. The number of nitrogens with one attached hydrogen (secondary N) is 1. The van der Waals surface area contributed by atoms with Crippen molar-refractivity contribution < 1.29 is 4.79 Å². The van der Waals surface area contributed by atoms with Crippen molar-refractivity contribution in [3.63, 3.8) is 0 Å². The summed E-state index contributed by atoms with van der Waals surface area (Å²) in [4.78, 5) is 11.6. The number of rotatable bonds is 6. The van der Waals surface area contributed by atoms with Crippen LogP contribution in [0.2, 0.25) is 0 Å². The molecule has 0 aliphatic carbocycles. The van der Waals surface area contributed by atoms with Gasteiger partial charge in [0.05, 0.1) is 0 Å². The Hall–Kier alpha value is -1.00. The maximum Gasteiger partial charge on any atom is 0.225 e. The maximum atomic E-state index is 11.6. The van der Waals surface area contributed by atoms with Crippen LogP contribution in [0.5, 0.6) is 0 Å². The Morgan fingerprint density at radius 3 is 2.94 bits per heavy atom. The van der Waals surface area contributed by atoms with E-state index in [4.69, 9.17) is 5.73 Å². The first-order valence-corrected chi connectivity index (χ1v) is 6.99. The van der Waals surface area contributed by atoms with Gasteiger partial charge in [0.25, 0.3) is 0 Å². The van der Waals surface area contributed by atoms with Gasteiger partial charge >= 0.3 is 0 Å². The van der Waals surface area contributed by atoms with Gasteiger partial charge in [-0.3, -0.25) is 4.79 Å². The summed E-state index contributed by atoms with van der Waals surface area (Å²) in [6, 6.07) is 7.85. The first-order chi connectivity index (χ1) is 8.11. The van der Waals surface area contributed by atoms with Crippen LogP contribution in [0.3, 0.4) is 0 Å². The fourth-order valence-corrected chi connectivity index (χ4v) is 2.08. The zero-order chi connectivity index (χ0) is 12.7. The van der Waals surface area contributed by atoms with Gasteiger partial charge in [-0.15, -0.1) is 0 Å². The van der Waals surface area contributed by atoms with E-state index in [1.807, 2.05) is 36.9 Å². The van der Waals surface area contributed by atoms with Crippen molar-refractivity contribution in [1.82, 2.24) is 0 Å². The third kappa shape index (κ3) is 5.75. The molecule has 3 N–H and O–H groups in total. The van der Waals surface area contributed by atoms with Crippen LogP contribution >= 0.6 is 11.8 Å². The van der Waals surface area contributed by atoms with Gasteiger partial charge in [0.1, 0.15) is 0 Å². The second-order valence-electron chi connectivity index (χ2n) is 4.07. The predicted molar refractivity (Wildman–Crippen MR) is 75.2 cm³/mol. The molecule has 0 fully saturated rings. The van der Waals surface area contributed by atoms with Crippen molar-refractivity contribution in [2.45, 2.75) is 32.1 Å². The number of hydrogen-bond donors (Lipinski definition) is 2. The van der Waals surface area contributed by atoms with Gasteiger partial charge in [0.15, 0.2) is 0 Å². The molecule has 0 aliphatic heterocycles. The molecule has 1 rings (SSSR count). The highest BCUT2D eigenvalue weighted by Crippen LogP contribution is 2.16. The molecule has 3 nitrogen and oxygen atoms in total. The Bertz CT molecular complexity index is 366. The lowest BCUT2D eigenvalue weighted by atomic mass is 10.2. The molecule has 0 radical (unpaired) electrons. The Labute approximate surface area is 107 Å². The van der Waals surface area contributed by atoms with E-state index in [2.05, 4.69) is 18.3 Å². The van der Waals surface area contributed by atoms with E-state index in [9.17, 15) is 4.79 Å². The summed E-state index contributed by atoms with van der Waals surface area (Å²) in [5, 5.41) is 2.86. The van der Waals surface area contributed by atoms with Gasteiger partial charge in [0, 0.05) is 23.9 Å². The standard InChI is InChI=1S/C13H20N2OS/c1-3-17-9-11-5-4-6-12(8-11)15-13(16)7-10(2)14/h4-6,8,10H,3,7,9,14H2,1-2H3,(H,15,16). The molecule has 0 saturated heterocycles. The Kier molecular flexibility index (Phi) is 6.08. The molecule has 0 bridgehead atoms. The van der Waals surface area contributed by atoms with E-state index in [1.165, 1.54) is 5.56 Å². The highest BCUT2D eigenvalue weighted by Gasteiger charge is 2.05. The smallest absolute Gasteiger partial charge is 0.225 e. The highest BCUT2D eigenvalue weighted by atomic mass is 32.2. The molecule has 0 spiro atoms. The van der Waals surface area contributed by atoms with Crippen LogP contribution in [0.15, 0.2) is 24.3 Å². The highest BCUT2D eigenvalue weighted by molar-refractivity contribution is 7.98. The van der Waals surface area contributed by atoms with Crippen LogP contribution in [-0.2, 0) is 10.5 Å². The number of carbonyl (C=O) groups is 1. The van der Waals surface area contributed by atoms with Crippen LogP contribution in [-0.4, -0.2) is 17.7 Å². The SMILES string of the molecule is CCSCc1cccc(NC(=O)CC(C)N)c1. The van der Waals surface area contributed by atoms with Crippen molar-refractivity contribution in [1.29, 1.82) is 0 Å².